The minimum atomic E-state index is -0.149. The highest BCUT2D eigenvalue weighted by Crippen LogP contribution is 2.24. The Morgan fingerprint density at radius 3 is 2.88 bits per heavy atom. The van der Waals surface area contributed by atoms with Crippen LogP contribution < -0.4 is 0 Å². The van der Waals surface area contributed by atoms with Gasteiger partial charge in [-0.05, 0) is 37.9 Å². The fourth-order valence-corrected chi connectivity index (χ4v) is 2.51. The van der Waals surface area contributed by atoms with Crippen molar-refractivity contribution in [1.29, 1.82) is 0 Å². The van der Waals surface area contributed by atoms with Crippen molar-refractivity contribution >= 4 is 0 Å². The number of likely N-dealkylation sites (N-methyl/N-ethyl adjacent to an activating group) is 1. The van der Waals surface area contributed by atoms with E-state index in [2.05, 4.69) is 16.8 Å². The van der Waals surface area contributed by atoms with E-state index in [4.69, 9.17) is 0 Å². The molecule has 0 saturated heterocycles. The van der Waals surface area contributed by atoms with Gasteiger partial charge in [0, 0.05) is 18.8 Å². The normalized spacial score (nSPS) is 25.2. The number of aliphatic hydroxyl groups excluding tert-OH is 1. The van der Waals surface area contributed by atoms with Crippen molar-refractivity contribution in [3.63, 3.8) is 0 Å². The number of rotatable bonds is 4. The van der Waals surface area contributed by atoms with Gasteiger partial charge in [-0.1, -0.05) is 13.0 Å². The molecule has 0 amide bonds. The fraction of sp³-hybridized carbons (Fsp3) is 0.615. The van der Waals surface area contributed by atoms with E-state index in [1.807, 2.05) is 24.4 Å². The van der Waals surface area contributed by atoms with E-state index >= 15 is 0 Å². The molecule has 1 aliphatic carbocycles. The van der Waals surface area contributed by atoms with Crippen molar-refractivity contribution in [2.45, 2.75) is 44.9 Å². The quantitative estimate of drug-likeness (QED) is 0.840. The lowest BCUT2D eigenvalue weighted by Gasteiger charge is -2.29. The molecule has 0 spiro atoms. The zero-order valence-corrected chi connectivity index (χ0v) is 9.84. The van der Waals surface area contributed by atoms with E-state index in [9.17, 15) is 5.11 Å². The summed E-state index contributed by atoms with van der Waals surface area (Å²) in [6, 6.07) is 6.32. The van der Waals surface area contributed by atoms with Crippen LogP contribution in [0.25, 0.3) is 0 Å². The van der Waals surface area contributed by atoms with Gasteiger partial charge in [-0.25, -0.2) is 0 Å². The van der Waals surface area contributed by atoms with Gasteiger partial charge in [0.05, 0.1) is 11.8 Å². The van der Waals surface area contributed by atoms with Crippen LogP contribution in [0.15, 0.2) is 24.4 Å². The second-order valence-electron chi connectivity index (χ2n) is 4.45. The smallest absolute Gasteiger partial charge is 0.0695 e. The summed E-state index contributed by atoms with van der Waals surface area (Å²) in [4.78, 5) is 6.67. The van der Waals surface area contributed by atoms with Crippen LogP contribution in [0.5, 0.6) is 0 Å². The van der Waals surface area contributed by atoms with Crippen LogP contribution in [-0.2, 0) is 6.54 Å². The third-order valence-electron chi connectivity index (χ3n) is 3.41. The van der Waals surface area contributed by atoms with Gasteiger partial charge >= 0.3 is 0 Å². The molecule has 1 N–H and O–H groups in total. The van der Waals surface area contributed by atoms with Crippen molar-refractivity contribution in [3.05, 3.63) is 30.1 Å². The average Bonchev–Trinajstić information content (AvgIpc) is 2.74. The number of hydrogen-bond donors (Lipinski definition) is 1. The topological polar surface area (TPSA) is 36.4 Å². The molecular weight excluding hydrogens is 200 g/mol. The van der Waals surface area contributed by atoms with Crippen LogP contribution in [-0.4, -0.2) is 33.7 Å². The summed E-state index contributed by atoms with van der Waals surface area (Å²) >= 11 is 0. The predicted molar refractivity (Wildman–Crippen MR) is 64.0 cm³/mol. The van der Waals surface area contributed by atoms with Crippen LogP contribution in [0.3, 0.4) is 0 Å². The summed E-state index contributed by atoms with van der Waals surface area (Å²) in [5.41, 5.74) is 1.09. The number of aliphatic hydroxyl groups is 1. The van der Waals surface area contributed by atoms with Crippen LogP contribution in [0.2, 0.25) is 0 Å². The van der Waals surface area contributed by atoms with E-state index in [-0.39, 0.29) is 6.10 Å². The lowest BCUT2D eigenvalue weighted by atomic mass is 10.1. The second kappa shape index (κ2) is 5.41. The molecule has 1 aromatic heterocycles. The fourth-order valence-electron chi connectivity index (χ4n) is 2.51. The Kier molecular flexibility index (Phi) is 3.91. The first kappa shape index (κ1) is 11.6. The van der Waals surface area contributed by atoms with Gasteiger partial charge in [0.2, 0.25) is 0 Å². The Bertz CT molecular complexity index is 315. The first-order valence-corrected chi connectivity index (χ1v) is 6.13. The molecule has 0 aliphatic heterocycles. The zero-order valence-electron chi connectivity index (χ0n) is 9.84. The monoisotopic (exact) mass is 220 g/mol. The zero-order chi connectivity index (χ0) is 11.4. The largest absolute Gasteiger partial charge is 0.391 e. The molecule has 1 aliphatic rings. The Morgan fingerprint density at radius 1 is 1.44 bits per heavy atom. The third kappa shape index (κ3) is 2.60. The van der Waals surface area contributed by atoms with Gasteiger partial charge in [-0.2, -0.15) is 0 Å². The summed E-state index contributed by atoms with van der Waals surface area (Å²) in [5.74, 6) is 0. The molecule has 0 radical (unpaired) electrons. The molecule has 2 rings (SSSR count). The van der Waals surface area contributed by atoms with Gasteiger partial charge in [-0.3, -0.25) is 9.88 Å². The van der Waals surface area contributed by atoms with E-state index < -0.39 is 0 Å². The van der Waals surface area contributed by atoms with Gasteiger partial charge in [0.25, 0.3) is 0 Å². The molecule has 1 aromatic rings. The highest BCUT2D eigenvalue weighted by Gasteiger charge is 2.29. The summed E-state index contributed by atoms with van der Waals surface area (Å²) in [6.45, 7) is 3.96. The van der Waals surface area contributed by atoms with Gasteiger partial charge in [0.15, 0.2) is 0 Å². The number of pyridine rings is 1. The molecule has 1 saturated carbocycles. The van der Waals surface area contributed by atoms with Gasteiger partial charge < -0.3 is 5.11 Å². The minimum absolute atomic E-state index is 0.149. The maximum absolute atomic E-state index is 9.91. The first-order valence-electron chi connectivity index (χ1n) is 6.13. The number of aromatic nitrogens is 1. The van der Waals surface area contributed by atoms with Crippen LogP contribution >= 0.6 is 0 Å². The Hall–Kier alpha value is -0.930. The van der Waals surface area contributed by atoms with E-state index in [1.54, 1.807) is 0 Å². The summed E-state index contributed by atoms with van der Waals surface area (Å²) in [7, 11) is 0. The Balaban J connectivity index is 2.00. The molecule has 0 aromatic carbocycles. The highest BCUT2D eigenvalue weighted by molar-refractivity contribution is 5.04. The molecule has 1 fully saturated rings. The lowest BCUT2D eigenvalue weighted by molar-refractivity contribution is 0.0686. The summed E-state index contributed by atoms with van der Waals surface area (Å²) < 4.78 is 0. The van der Waals surface area contributed by atoms with E-state index in [0.717, 1.165) is 38.0 Å². The standard InChI is InChI=1S/C13H20N2O/c1-2-15(12-7-5-8-13(12)16)10-11-6-3-4-9-14-11/h3-4,6,9,12-13,16H,2,5,7-8,10H2,1H3. The molecule has 3 heteroatoms. The summed E-state index contributed by atoms with van der Waals surface area (Å²) in [5, 5.41) is 9.91. The molecule has 2 unspecified atom stereocenters. The minimum Gasteiger partial charge on any atom is -0.391 e. The van der Waals surface area contributed by atoms with Gasteiger partial charge in [-0.15, -0.1) is 0 Å². The van der Waals surface area contributed by atoms with Crippen LogP contribution in [0.1, 0.15) is 31.9 Å². The van der Waals surface area contributed by atoms with Crippen molar-refractivity contribution in [1.82, 2.24) is 9.88 Å². The Morgan fingerprint density at radius 2 is 2.31 bits per heavy atom. The molecule has 1 heterocycles. The van der Waals surface area contributed by atoms with Crippen LogP contribution in [0, 0.1) is 0 Å². The SMILES string of the molecule is CCN(Cc1ccccn1)C1CCCC1O. The molecular formula is C13H20N2O. The molecule has 88 valence electrons. The Labute approximate surface area is 97.1 Å². The maximum atomic E-state index is 9.91. The van der Waals surface area contributed by atoms with Gasteiger partial charge in [0.1, 0.15) is 0 Å². The van der Waals surface area contributed by atoms with Crippen molar-refractivity contribution in [2.75, 3.05) is 6.54 Å². The molecule has 2 atom stereocenters. The maximum Gasteiger partial charge on any atom is 0.0695 e. The third-order valence-corrected chi connectivity index (χ3v) is 3.41. The lowest BCUT2D eigenvalue weighted by Crippen LogP contribution is -2.39. The second-order valence-corrected chi connectivity index (χ2v) is 4.45. The van der Waals surface area contributed by atoms with E-state index in [1.165, 1.54) is 0 Å². The van der Waals surface area contributed by atoms with E-state index in [0.29, 0.717) is 6.04 Å². The molecule has 3 nitrogen and oxygen atoms in total. The van der Waals surface area contributed by atoms with Crippen molar-refractivity contribution in [2.24, 2.45) is 0 Å². The van der Waals surface area contributed by atoms with Crippen molar-refractivity contribution in [3.8, 4) is 0 Å². The van der Waals surface area contributed by atoms with Crippen molar-refractivity contribution < 1.29 is 5.11 Å². The molecule has 0 bridgehead atoms. The molecule has 16 heavy (non-hydrogen) atoms. The van der Waals surface area contributed by atoms with Crippen LogP contribution in [0.4, 0.5) is 0 Å². The average molecular weight is 220 g/mol. The number of nitrogens with zero attached hydrogens (tertiary/aromatic N) is 2. The first-order chi connectivity index (χ1) is 7.81. The summed E-state index contributed by atoms with van der Waals surface area (Å²) in [6.07, 6.45) is 4.88. The highest BCUT2D eigenvalue weighted by atomic mass is 16.3. The number of hydrogen-bond acceptors (Lipinski definition) is 3. The predicted octanol–water partition coefficient (Wildman–Crippen LogP) is 1.82.